The number of carbonyl (C=O) groups excluding carboxylic acids is 1. The lowest BCUT2D eigenvalue weighted by atomic mass is 10.2. The standard InChI is InChI=1S/C20H15FN2O4S2/c1-29(25,26)15-9-7-13(8-10-15)19(24)23(12-14-4-3-11-27-14)20-22-18-16(21)5-2-6-17(18)28-20/h2-11H,12H2,1H3. The fourth-order valence-electron chi connectivity index (χ4n) is 2.80. The Bertz CT molecular complexity index is 1280. The van der Waals surface area contributed by atoms with E-state index in [-0.39, 0.29) is 22.5 Å². The van der Waals surface area contributed by atoms with Gasteiger partial charge in [0.2, 0.25) is 0 Å². The number of sulfone groups is 1. The van der Waals surface area contributed by atoms with Gasteiger partial charge in [0.25, 0.3) is 5.91 Å². The normalized spacial score (nSPS) is 11.7. The molecule has 0 spiro atoms. The lowest BCUT2D eigenvalue weighted by molar-refractivity contribution is 0.0983. The number of halogens is 1. The van der Waals surface area contributed by atoms with Gasteiger partial charge in [-0.15, -0.1) is 0 Å². The van der Waals surface area contributed by atoms with Crippen molar-refractivity contribution in [2.24, 2.45) is 0 Å². The second-order valence-corrected chi connectivity index (χ2v) is 9.38. The predicted octanol–water partition coefficient (Wildman–Crippen LogP) is 4.28. The molecule has 148 valence electrons. The van der Waals surface area contributed by atoms with Gasteiger partial charge >= 0.3 is 0 Å². The number of benzene rings is 2. The number of anilines is 1. The molecule has 0 saturated heterocycles. The second-order valence-electron chi connectivity index (χ2n) is 6.35. The molecule has 0 aliphatic heterocycles. The monoisotopic (exact) mass is 430 g/mol. The lowest BCUT2D eigenvalue weighted by Crippen LogP contribution is -2.30. The maximum absolute atomic E-state index is 14.1. The van der Waals surface area contributed by atoms with Crippen LogP contribution in [0.2, 0.25) is 0 Å². The molecule has 2 aromatic carbocycles. The Morgan fingerprint density at radius 1 is 1.14 bits per heavy atom. The van der Waals surface area contributed by atoms with Gasteiger partial charge in [-0.25, -0.2) is 17.8 Å². The third kappa shape index (κ3) is 3.92. The largest absolute Gasteiger partial charge is 0.467 e. The van der Waals surface area contributed by atoms with Crippen molar-refractivity contribution in [3.8, 4) is 0 Å². The minimum atomic E-state index is -3.37. The highest BCUT2D eigenvalue weighted by atomic mass is 32.2. The summed E-state index contributed by atoms with van der Waals surface area (Å²) in [5.74, 6) is -0.334. The van der Waals surface area contributed by atoms with Crippen molar-refractivity contribution in [3.63, 3.8) is 0 Å². The first-order chi connectivity index (χ1) is 13.8. The molecule has 0 unspecified atom stereocenters. The predicted molar refractivity (Wildman–Crippen MR) is 108 cm³/mol. The van der Waals surface area contributed by atoms with E-state index in [0.717, 1.165) is 6.26 Å². The average molecular weight is 430 g/mol. The summed E-state index contributed by atoms with van der Waals surface area (Å²) in [7, 11) is -3.37. The molecule has 29 heavy (non-hydrogen) atoms. The van der Waals surface area contributed by atoms with Crippen molar-refractivity contribution in [2.45, 2.75) is 11.4 Å². The summed E-state index contributed by atoms with van der Waals surface area (Å²) in [6.45, 7) is 0.0983. The van der Waals surface area contributed by atoms with Crippen molar-refractivity contribution in [1.29, 1.82) is 0 Å². The van der Waals surface area contributed by atoms with Crippen molar-refractivity contribution in [3.05, 3.63) is 78.0 Å². The third-order valence-corrected chi connectivity index (χ3v) is 6.43. The van der Waals surface area contributed by atoms with Crippen LogP contribution < -0.4 is 4.90 Å². The smallest absolute Gasteiger partial charge is 0.260 e. The van der Waals surface area contributed by atoms with Crippen LogP contribution in [0.15, 0.2) is 70.2 Å². The number of thiazole rings is 1. The van der Waals surface area contributed by atoms with Crippen molar-refractivity contribution >= 4 is 42.4 Å². The highest BCUT2D eigenvalue weighted by Crippen LogP contribution is 2.32. The minimum Gasteiger partial charge on any atom is -0.467 e. The van der Waals surface area contributed by atoms with Crippen LogP contribution >= 0.6 is 11.3 Å². The Kier molecular flexibility index (Phi) is 4.93. The molecule has 0 atom stereocenters. The van der Waals surface area contributed by atoms with E-state index >= 15 is 0 Å². The van der Waals surface area contributed by atoms with Crippen LogP contribution in [0.25, 0.3) is 10.2 Å². The fourth-order valence-corrected chi connectivity index (χ4v) is 4.41. The van der Waals surface area contributed by atoms with Crippen molar-refractivity contribution in [2.75, 3.05) is 11.2 Å². The first-order valence-corrected chi connectivity index (χ1v) is 11.2. The van der Waals surface area contributed by atoms with E-state index in [4.69, 9.17) is 4.42 Å². The van der Waals surface area contributed by atoms with Crippen LogP contribution in [0.4, 0.5) is 9.52 Å². The number of amides is 1. The number of rotatable bonds is 5. The van der Waals surface area contributed by atoms with E-state index in [0.29, 0.717) is 15.6 Å². The Balaban J connectivity index is 1.75. The molecule has 0 aliphatic carbocycles. The van der Waals surface area contributed by atoms with Crippen molar-refractivity contribution < 1.29 is 22.0 Å². The van der Waals surface area contributed by atoms with Gasteiger partial charge in [-0.2, -0.15) is 0 Å². The number of nitrogens with zero attached hydrogens (tertiary/aromatic N) is 2. The molecular weight excluding hydrogens is 415 g/mol. The summed E-state index contributed by atoms with van der Waals surface area (Å²) in [6.07, 6.45) is 2.60. The molecule has 0 fully saturated rings. The molecule has 9 heteroatoms. The summed E-state index contributed by atoms with van der Waals surface area (Å²) in [5.41, 5.74) is 0.473. The molecular formula is C20H15FN2O4S2. The molecule has 1 amide bonds. The number of aromatic nitrogens is 1. The zero-order chi connectivity index (χ0) is 20.6. The van der Waals surface area contributed by atoms with Gasteiger partial charge in [-0.3, -0.25) is 9.69 Å². The first-order valence-electron chi connectivity index (χ1n) is 8.52. The highest BCUT2D eigenvalue weighted by Gasteiger charge is 2.24. The van der Waals surface area contributed by atoms with E-state index in [9.17, 15) is 17.6 Å². The topological polar surface area (TPSA) is 80.5 Å². The van der Waals surface area contributed by atoms with Crippen LogP contribution in [0.1, 0.15) is 16.1 Å². The van der Waals surface area contributed by atoms with Gasteiger partial charge in [0.05, 0.1) is 22.4 Å². The van der Waals surface area contributed by atoms with E-state index < -0.39 is 21.6 Å². The van der Waals surface area contributed by atoms with Crippen LogP contribution in [0.5, 0.6) is 0 Å². The molecule has 2 heterocycles. The van der Waals surface area contributed by atoms with Gasteiger partial charge in [-0.05, 0) is 48.5 Å². The third-order valence-electron chi connectivity index (χ3n) is 4.26. The van der Waals surface area contributed by atoms with E-state index in [1.54, 1.807) is 24.3 Å². The van der Waals surface area contributed by atoms with Gasteiger partial charge in [-0.1, -0.05) is 17.4 Å². The molecule has 4 aromatic rings. The van der Waals surface area contributed by atoms with Gasteiger partial charge in [0.1, 0.15) is 17.1 Å². The van der Waals surface area contributed by atoms with Crippen LogP contribution in [-0.4, -0.2) is 25.6 Å². The number of hydrogen-bond donors (Lipinski definition) is 0. The Labute approximate surface area is 170 Å². The molecule has 0 bridgehead atoms. The number of para-hydroxylation sites is 1. The Morgan fingerprint density at radius 2 is 1.90 bits per heavy atom. The number of carbonyl (C=O) groups is 1. The van der Waals surface area contributed by atoms with Crippen molar-refractivity contribution in [1.82, 2.24) is 4.98 Å². The minimum absolute atomic E-state index is 0.0983. The van der Waals surface area contributed by atoms with E-state index in [1.165, 1.54) is 52.8 Å². The molecule has 6 nitrogen and oxygen atoms in total. The average Bonchev–Trinajstić information content (AvgIpc) is 3.35. The zero-order valence-electron chi connectivity index (χ0n) is 15.2. The van der Waals surface area contributed by atoms with Gasteiger partial charge < -0.3 is 4.42 Å². The number of fused-ring (bicyclic) bond motifs is 1. The fraction of sp³-hybridized carbons (Fsp3) is 0.100. The number of furan rings is 1. The molecule has 0 radical (unpaired) electrons. The summed E-state index contributed by atoms with van der Waals surface area (Å²) in [5, 5.41) is 0.318. The van der Waals surface area contributed by atoms with E-state index in [1.807, 2.05) is 0 Å². The molecule has 0 aliphatic rings. The molecule has 0 N–H and O–H groups in total. The molecule has 4 rings (SSSR count). The van der Waals surface area contributed by atoms with E-state index in [2.05, 4.69) is 4.98 Å². The summed E-state index contributed by atoms with van der Waals surface area (Å²) < 4.78 is 43.4. The maximum atomic E-state index is 14.1. The molecule has 0 saturated carbocycles. The quantitative estimate of drug-likeness (QED) is 0.472. The summed E-state index contributed by atoms with van der Waals surface area (Å²) >= 11 is 1.19. The van der Waals surface area contributed by atoms with Crippen LogP contribution in [0, 0.1) is 5.82 Å². The van der Waals surface area contributed by atoms with Crippen LogP contribution in [-0.2, 0) is 16.4 Å². The first kappa shape index (κ1) is 19.3. The lowest BCUT2D eigenvalue weighted by Gasteiger charge is -2.19. The Hall–Kier alpha value is -3.04. The van der Waals surface area contributed by atoms with Crippen LogP contribution in [0.3, 0.4) is 0 Å². The summed E-state index contributed by atoms with van der Waals surface area (Å²) in [6, 6.07) is 13.7. The molecule has 2 aromatic heterocycles. The Morgan fingerprint density at radius 3 is 2.52 bits per heavy atom. The second kappa shape index (κ2) is 7.41. The van der Waals surface area contributed by atoms with Gasteiger partial charge in [0.15, 0.2) is 15.0 Å². The zero-order valence-corrected chi connectivity index (χ0v) is 16.8. The number of hydrogen-bond acceptors (Lipinski definition) is 6. The highest BCUT2D eigenvalue weighted by molar-refractivity contribution is 7.90. The van der Waals surface area contributed by atoms with Gasteiger partial charge in [0, 0.05) is 11.8 Å². The maximum Gasteiger partial charge on any atom is 0.260 e. The SMILES string of the molecule is CS(=O)(=O)c1ccc(C(=O)N(Cc2ccco2)c2nc3c(F)cccc3s2)cc1. The summed E-state index contributed by atoms with van der Waals surface area (Å²) in [4.78, 5) is 19.0.